The van der Waals surface area contributed by atoms with Gasteiger partial charge in [0.05, 0.1) is 26.0 Å². The highest BCUT2D eigenvalue weighted by molar-refractivity contribution is 9.10. The molecule has 0 saturated heterocycles. The molecule has 1 aromatic carbocycles. The van der Waals surface area contributed by atoms with Crippen molar-refractivity contribution >= 4 is 27.9 Å². The Labute approximate surface area is 160 Å². The molecule has 0 spiro atoms. The quantitative estimate of drug-likeness (QED) is 0.541. The van der Waals surface area contributed by atoms with Crippen molar-refractivity contribution in [3.63, 3.8) is 0 Å². The number of furan rings is 1. The van der Waals surface area contributed by atoms with Crippen molar-refractivity contribution in [1.82, 2.24) is 5.32 Å². The van der Waals surface area contributed by atoms with Crippen LogP contribution >= 0.6 is 15.9 Å². The second kappa shape index (κ2) is 9.11. The maximum absolute atomic E-state index is 12.2. The standard InChI is InChI=1S/C19H19BrN2O4/c1-12(2)26-18-9-16(20)13(8-17(18)24-3)7-14(10-21)19(23)22-11-15-5-4-6-25-15/h4-9,12H,11H2,1-3H3,(H,22,23)/b14-7+. The third kappa shape index (κ3) is 5.14. The molecule has 26 heavy (non-hydrogen) atoms. The molecule has 0 unspecified atom stereocenters. The maximum Gasteiger partial charge on any atom is 0.262 e. The van der Waals surface area contributed by atoms with E-state index < -0.39 is 5.91 Å². The van der Waals surface area contributed by atoms with E-state index in [0.29, 0.717) is 27.3 Å². The van der Waals surface area contributed by atoms with Crippen molar-refractivity contribution in [3.05, 3.63) is 51.9 Å². The molecule has 1 amide bonds. The first-order valence-electron chi connectivity index (χ1n) is 7.91. The predicted molar refractivity (Wildman–Crippen MR) is 101 cm³/mol. The first-order chi connectivity index (χ1) is 12.4. The van der Waals surface area contributed by atoms with E-state index in [9.17, 15) is 10.1 Å². The summed E-state index contributed by atoms with van der Waals surface area (Å²) in [5.41, 5.74) is 0.597. The van der Waals surface area contributed by atoms with Crippen LogP contribution in [0.1, 0.15) is 25.2 Å². The number of hydrogen-bond acceptors (Lipinski definition) is 5. The Kier molecular flexibility index (Phi) is 6.87. The molecule has 136 valence electrons. The van der Waals surface area contributed by atoms with E-state index in [1.807, 2.05) is 19.9 Å². The van der Waals surface area contributed by atoms with Crippen LogP contribution in [0.3, 0.4) is 0 Å². The van der Waals surface area contributed by atoms with E-state index in [-0.39, 0.29) is 18.2 Å². The fraction of sp³-hybridized carbons (Fsp3) is 0.263. The van der Waals surface area contributed by atoms with Crippen molar-refractivity contribution in [2.45, 2.75) is 26.5 Å². The first-order valence-corrected chi connectivity index (χ1v) is 8.70. The van der Waals surface area contributed by atoms with Crippen LogP contribution in [0.15, 0.2) is 45.0 Å². The molecule has 0 aliphatic heterocycles. The second-order valence-electron chi connectivity index (χ2n) is 5.62. The van der Waals surface area contributed by atoms with Gasteiger partial charge in [-0.2, -0.15) is 5.26 Å². The van der Waals surface area contributed by atoms with E-state index in [0.717, 1.165) is 0 Å². The molecule has 1 N–H and O–H groups in total. The summed E-state index contributed by atoms with van der Waals surface area (Å²) in [7, 11) is 1.53. The molecular weight excluding hydrogens is 400 g/mol. The van der Waals surface area contributed by atoms with Crippen molar-refractivity contribution in [3.8, 4) is 17.6 Å². The Morgan fingerprint density at radius 3 is 2.77 bits per heavy atom. The molecule has 2 rings (SSSR count). The Morgan fingerprint density at radius 2 is 2.19 bits per heavy atom. The summed E-state index contributed by atoms with van der Waals surface area (Å²) >= 11 is 3.44. The molecule has 6 nitrogen and oxygen atoms in total. The second-order valence-corrected chi connectivity index (χ2v) is 6.48. The van der Waals surface area contributed by atoms with Crippen LogP contribution in [0.5, 0.6) is 11.5 Å². The van der Waals surface area contributed by atoms with Crippen LogP contribution in [0.4, 0.5) is 0 Å². The number of nitriles is 1. The van der Waals surface area contributed by atoms with E-state index >= 15 is 0 Å². The van der Waals surface area contributed by atoms with Crippen molar-refractivity contribution < 1.29 is 18.7 Å². The topological polar surface area (TPSA) is 84.5 Å². The highest BCUT2D eigenvalue weighted by Crippen LogP contribution is 2.35. The van der Waals surface area contributed by atoms with Gasteiger partial charge in [-0.05, 0) is 49.8 Å². The van der Waals surface area contributed by atoms with Crippen molar-refractivity contribution in [1.29, 1.82) is 5.26 Å². The van der Waals surface area contributed by atoms with Crippen LogP contribution in [0, 0.1) is 11.3 Å². The summed E-state index contributed by atoms with van der Waals surface area (Å²) in [5.74, 6) is 1.21. The number of nitrogens with one attached hydrogen (secondary N) is 1. The molecule has 2 aromatic rings. The average Bonchev–Trinajstić information content (AvgIpc) is 3.12. The van der Waals surface area contributed by atoms with Gasteiger partial charge in [0.15, 0.2) is 11.5 Å². The summed E-state index contributed by atoms with van der Waals surface area (Å²) in [5, 5.41) is 12.0. The molecule has 1 heterocycles. The maximum atomic E-state index is 12.2. The number of ether oxygens (including phenoxy) is 2. The molecule has 7 heteroatoms. The molecule has 0 saturated carbocycles. The highest BCUT2D eigenvalue weighted by atomic mass is 79.9. The van der Waals surface area contributed by atoms with Gasteiger partial charge in [0.2, 0.25) is 0 Å². The number of nitrogens with zero attached hydrogens (tertiary/aromatic N) is 1. The zero-order valence-corrected chi connectivity index (χ0v) is 16.3. The van der Waals surface area contributed by atoms with Crippen LogP contribution in [-0.2, 0) is 11.3 Å². The van der Waals surface area contributed by atoms with Crippen LogP contribution in [0.25, 0.3) is 6.08 Å². The zero-order valence-electron chi connectivity index (χ0n) is 14.7. The number of rotatable bonds is 7. The van der Waals surface area contributed by atoms with Gasteiger partial charge in [0.25, 0.3) is 5.91 Å². The SMILES string of the molecule is COc1cc(/C=C(\C#N)C(=O)NCc2ccco2)c(Br)cc1OC(C)C. The van der Waals surface area contributed by atoms with Gasteiger partial charge in [-0.3, -0.25) is 4.79 Å². The molecule has 0 bridgehead atoms. The molecule has 1 aromatic heterocycles. The minimum atomic E-state index is -0.489. The Bertz CT molecular complexity index is 836. The summed E-state index contributed by atoms with van der Waals surface area (Å²) in [4.78, 5) is 12.2. The van der Waals surface area contributed by atoms with Crippen LogP contribution in [0.2, 0.25) is 0 Å². The van der Waals surface area contributed by atoms with Gasteiger partial charge in [-0.15, -0.1) is 0 Å². The third-order valence-electron chi connectivity index (χ3n) is 3.31. The molecule has 0 aliphatic rings. The lowest BCUT2D eigenvalue weighted by Crippen LogP contribution is -2.23. The van der Waals surface area contributed by atoms with E-state index in [1.165, 1.54) is 19.4 Å². The van der Waals surface area contributed by atoms with Gasteiger partial charge >= 0.3 is 0 Å². The Morgan fingerprint density at radius 1 is 1.42 bits per heavy atom. The van der Waals surface area contributed by atoms with E-state index in [4.69, 9.17) is 13.9 Å². The Hall–Kier alpha value is -2.72. The predicted octanol–water partition coefficient (Wildman–Crippen LogP) is 4.06. The number of carbonyl (C=O) groups excluding carboxylic acids is 1. The number of methoxy groups -OCH3 is 1. The monoisotopic (exact) mass is 418 g/mol. The minimum absolute atomic E-state index is 0.0146. The molecule has 0 radical (unpaired) electrons. The molecule has 0 fully saturated rings. The van der Waals surface area contributed by atoms with Gasteiger partial charge < -0.3 is 19.2 Å². The highest BCUT2D eigenvalue weighted by Gasteiger charge is 2.14. The van der Waals surface area contributed by atoms with Gasteiger partial charge in [0, 0.05) is 4.47 Å². The van der Waals surface area contributed by atoms with Crippen molar-refractivity contribution in [2.24, 2.45) is 0 Å². The number of benzene rings is 1. The Balaban J connectivity index is 2.24. The summed E-state index contributed by atoms with van der Waals surface area (Å²) in [6.45, 7) is 4.03. The van der Waals surface area contributed by atoms with Gasteiger partial charge in [-0.25, -0.2) is 0 Å². The lowest BCUT2D eigenvalue weighted by molar-refractivity contribution is -0.117. The fourth-order valence-electron chi connectivity index (χ4n) is 2.15. The minimum Gasteiger partial charge on any atom is -0.493 e. The average molecular weight is 419 g/mol. The number of amides is 1. The number of carbonyl (C=O) groups is 1. The first kappa shape index (κ1) is 19.6. The van der Waals surface area contributed by atoms with Crippen LogP contribution < -0.4 is 14.8 Å². The van der Waals surface area contributed by atoms with Gasteiger partial charge in [0.1, 0.15) is 17.4 Å². The summed E-state index contributed by atoms with van der Waals surface area (Å²) in [6.07, 6.45) is 3.00. The fourth-order valence-corrected chi connectivity index (χ4v) is 2.58. The smallest absolute Gasteiger partial charge is 0.262 e. The largest absolute Gasteiger partial charge is 0.493 e. The normalized spacial score (nSPS) is 11.2. The summed E-state index contributed by atoms with van der Waals surface area (Å²) < 4.78 is 16.9. The van der Waals surface area contributed by atoms with Crippen molar-refractivity contribution in [2.75, 3.05) is 7.11 Å². The van der Waals surface area contributed by atoms with E-state index in [1.54, 1.807) is 24.3 Å². The molecular formula is C19H19BrN2O4. The number of hydrogen-bond donors (Lipinski definition) is 1. The third-order valence-corrected chi connectivity index (χ3v) is 4.00. The lowest BCUT2D eigenvalue weighted by Gasteiger charge is -2.15. The molecule has 0 atom stereocenters. The molecule has 0 aliphatic carbocycles. The zero-order chi connectivity index (χ0) is 19.1. The van der Waals surface area contributed by atoms with Gasteiger partial charge in [-0.1, -0.05) is 15.9 Å². The van der Waals surface area contributed by atoms with Crippen LogP contribution in [-0.4, -0.2) is 19.1 Å². The lowest BCUT2D eigenvalue weighted by atomic mass is 10.1. The summed E-state index contributed by atoms with van der Waals surface area (Å²) in [6, 6.07) is 8.85. The number of halogens is 1. The van der Waals surface area contributed by atoms with E-state index in [2.05, 4.69) is 21.2 Å².